The molecule has 0 unspecified atom stereocenters. The SMILES string of the molecule is CC[C@H]1[C@@H]2CCC3=CC(=O)CCC3=C2CC[C@]1(C)C(C)(C)OC(C)=O. The lowest BCUT2D eigenvalue weighted by atomic mass is 9.51. The highest BCUT2D eigenvalue weighted by molar-refractivity contribution is 5.93. The molecule has 3 atom stereocenters. The maximum atomic E-state index is 11.8. The second-order valence-corrected chi connectivity index (χ2v) is 8.82. The van der Waals surface area contributed by atoms with Crippen molar-refractivity contribution >= 4 is 11.8 Å². The smallest absolute Gasteiger partial charge is 0.303 e. The Labute approximate surface area is 151 Å². The highest BCUT2D eigenvalue weighted by atomic mass is 16.6. The molecule has 1 saturated carbocycles. The minimum atomic E-state index is -0.464. The molecule has 0 spiro atoms. The van der Waals surface area contributed by atoms with Crippen LogP contribution < -0.4 is 0 Å². The van der Waals surface area contributed by atoms with Crippen molar-refractivity contribution in [2.45, 2.75) is 85.2 Å². The first kappa shape index (κ1) is 18.4. The number of rotatable bonds is 3. The van der Waals surface area contributed by atoms with Gasteiger partial charge in [-0.2, -0.15) is 0 Å². The van der Waals surface area contributed by atoms with Crippen LogP contribution in [-0.4, -0.2) is 17.4 Å². The lowest BCUT2D eigenvalue weighted by Gasteiger charge is -2.56. The van der Waals surface area contributed by atoms with E-state index in [1.807, 2.05) is 6.08 Å². The van der Waals surface area contributed by atoms with Crippen LogP contribution in [0.1, 0.15) is 79.6 Å². The zero-order valence-electron chi connectivity index (χ0n) is 16.4. The molecule has 3 heteroatoms. The normalized spacial score (nSPS) is 32.7. The van der Waals surface area contributed by atoms with Crippen molar-refractivity contribution in [2.75, 3.05) is 0 Å². The molecule has 25 heavy (non-hydrogen) atoms. The molecule has 3 aliphatic carbocycles. The van der Waals surface area contributed by atoms with Gasteiger partial charge in [-0.15, -0.1) is 0 Å². The van der Waals surface area contributed by atoms with Gasteiger partial charge in [-0.3, -0.25) is 9.59 Å². The van der Waals surface area contributed by atoms with Gasteiger partial charge in [0.15, 0.2) is 5.78 Å². The average molecular weight is 344 g/mol. The van der Waals surface area contributed by atoms with Crippen molar-refractivity contribution in [2.24, 2.45) is 17.3 Å². The van der Waals surface area contributed by atoms with Crippen LogP contribution in [0.15, 0.2) is 22.8 Å². The lowest BCUT2D eigenvalue weighted by Crippen LogP contribution is -2.54. The Morgan fingerprint density at radius 3 is 2.64 bits per heavy atom. The number of ketones is 1. The van der Waals surface area contributed by atoms with Crippen molar-refractivity contribution < 1.29 is 14.3 Å². The monoisotopic (exact) mass is 344 g/mol. The predicted molar refractivity (Wildman–Crippen MR) is 99.0 cm³/mol. The highest BCUT2D eigenvalue weighted by Gasteiger charge is 2.54. The maximum absolute atomic E-state index is 11.8. The van der Waals surface area contributed by atoms with Crippen LogP contribution in [-0.2, 0) is 14.3 Å². The molecule has 0 aromatic rings. The van der Waals surface area contributed by atoms with Crippen molar-refractivity contribution in [3.05, 3.63) is 22.8 Å². The van der Waals surface area contributed by atoms with Crippen LogP contribution in [0.2, 0.25) is 0 Å². The van der Waals surface area contributed by atoms with Crippen LogP contribution in [0, 0.1) is 17.3 Å². The molecule has 0 bridgehead atoms. The van der Waals surface area contributed by atoms with E-state index in [1.54, 1.807) is 5.57 Å². The molecule has 0 saturated heterocycles. The third kappa shape index (κ3) is 3.00. The van der Waals surface area contributed by atoms with Gasteiger partial charge in [0.25, 0.3) is 0 Å². The summed E-state index contributed by atoms with van der Waals surface area (Å²) >= 11 is 0. The quantitative estimate of drug-likeness (QED) is 0.665. The summed E-state index contributed by atoms with van der Waals surface area (Å²) in [6.07, 6.45) is 8.86. The second-order valence-electron chi connectivity index (χ2n) is 8.82. The summed E-state index contributed by atoms with van der Waals surface area (Å²) in [4.78, 5) is 23.5. The van der Waals surface area contributed by atoms with Gasteiger partial charge in [-0.25, -0.2) is 0 Å². The van der Waals surface area contributed by atoms with Gasteiger partial charge in [-0.05, 0) is 75.0 Å². The minimum absolute atomic E-state index is 0.0200. The molecule has 0 heterocycles. The van der Waals surface area contributed by atoms with E-state index in [0.29, 0.717) is 24.0 Å². The van der Waals surface area contributed by atoms with Crippen LogP contribution in [0.25, 0.3) is 0 Å². The number of carbonyl (C=O) groups excluding carboxylic acids is 2. The number of hydrogen-bond acceptors (Lipinski definition) is 3. The van der Waals surface area contributed by atoms with E-state index in [4.69, 9.17) is 4.74 Å². The highest BCUT2D eigenvalue weighted by Crippen LogP contribution is 2.59. The van der Waals surface area contributed by atoms with Gasteiger partial charge in [0.2, 0.25) is 0 Å². The van der Waals surface area contributed by atoms with Crippen LogP contribution in [0.3, 0.4) is 0 Å². The molecule has 0 aromatic heterocycles. The second kappa shape index (κ2) is 6.41. The molecule has 3 nitrogen and oxygen atoms in total. The first-order valence-corrected chi connectivity index (χ1v) is 9.85. The van der Waals surface area contributed by atoms with Gasteiger partial charge >= 0.3 is 5.97 Å². The largest absolute Gasteiger partial charge is 0.459 e. The molecule has 0 aliphatic heterocycles. The first-order valence-electron chi connectivity index (χ1n) is 9.85. The average Bonchev–Trinajstić information content (AvgIpc) is 2.52. The van der Waals surface area contributed by atoms with Gasteiger partial charge in [0.1, 0.15) is 5.60 Å². The number of carbonyl (C=O) groups is 2. The van der Waals surface area contributed by atoms with E-state index >= 15 is 0 Å². The van der Waals surface area contributed by atoms with Crippen molar-refractivity contribution in [3.8, 4) is 0 Å². The molecule has 0 amide bonds. The first-order chi connectivity index (χ1) is 11.7. The van der Waals surface area contributed by atoms with Gasteiger partial charge in [0.05, 0.1) is 0 Å². The van der Waals surface area contributed by atoms with Crippen molar-refractivity contribution in [3.63, 3.8) is 0 Å². The fourth-order valence-electron chi connectivity index (χ4n) is 5.82. The van der Waals surface area contributed by atoms with Crippen molar-refractivity contribution in [1.82, 2.24) is 0 Å². The molecule has 3 aliphatic rings. The molecule has 0 radical (unpaired) electrons. The maximum Gasteiger partial charge on any atom is 0.303 e. The summed E-state index contributed by atoms with van der Waals surface area (Å²) in [5, 5.41) is 0. The number of fused-ring (bicyclic) bond motifs is 2. The predicted octanol–water partition coefficient (Wildman–Crippen LogP) is 5.15. The molecular weight excluding hydrogens is 312 g/mol. The molecule has 0 aromatic carbocycles. The number of hydrogen-bond donors (Lipinski definition) is 0. The van der Waals surface area contributed by atoms with Gasteiger partial charge in [0, 0.05) is 18.8 Å². The van der Waals surface area contributed by atoms with E-state index in [0.717, 1.165) is 38.5 Å². The standard InChI is InChI=1S/C22H32O3/c1-6-20-19-9-7-15-13-16(24)8-10-17(15)18(19)11-12-22(20,5)21(3,4)25-14(2)23/h13,19-20H,6-12H2,1-5H3/t19-,20+,22+/m1/s1. The van der Waals surface area contributed by atoms with E-state index in [9.17, 15) is 9.59 Å². The molecular formula is C22H32O3. The Kier molecular flexibility index (Phi) is 4.72. The van der Waals surface area contributed by atoms with Crippen LogP contribution >= 0.6 is 0 Å². The van der Waals surface area contributed by atoms with Gasteiger partial charge < -0.3 is 4.74 Å². The Hall–Kier alpha value is -1.38. The zero-order chi connectivity index (χ0) is 18.4. The third-order valence-corrected chi connectivity index (χ3v) is 7.34. The fraction of sp³-hybridized carbons (Fsp3) is 0.727. The molecule has 1 fully saturated rings. The van der Waals surface area contributed by atoms with E-state index in [-0.39, 0.29) is 11.4 Å². The van der Waals surface area contributed by atoms with Crippen LogP contribution in [0.4, 0.5) is 0 Å². The lowest BCUT2D eigenvalue weighted by molar-refractivity contribution is -0.178. The summed E-state index contributed by atoms with van der Waals surface area (Å²) in [5.74, 6) is 1.18. The van der Waals surface area contributed by atoms with E-state index in [1.165, 1.54) is 18.1 Å². The Balaban J connectivity index is 1.98. The minimum Gasteiger partial charge on any atom is -0.459 e. The van der Waals surface area contributed by atoms with E-state index < -0.39 is 5.60 Å². The Bertz CT molecular complexity index is 652. The number of esters is 1. The summed E-state index contributed by atoms with van der Waals surface area (Å²) in [6, 6.07) is 0. The molecule has 138 valence electrons. The summed E-state index contributed by atoms with van der Waals surface area (Å²) in [7, 11) is 0. The summed E-state index contributed by atoms with van der Waals surface area (Å²) in [6.45, 7) is 10.3. The summed E-state index contributed by atoms with van der Waals surface area (Å²) < 4.78 is 5.80. The molecule has 0 N–H and O–H groups in total. The third-order valence-electron chi connectivity index (χ3n) is 7.34. The zero-order valence-corrected chi connectivity index (χ0v) is 16.4. The topological polar surface area (TPSA) is 43.4 Å². The number of ether oxygens (including phenoxy) is 1. The summed E-state index contributed by atoms with van der Waals surface area (Å²) in [5.41, 5.74) is 3.91. The number of allylic oxidation sites excluding steroid dienone is 4. The van der Waals surface area contributed by atoms with Crippen molar-refractivity contribution in [1.29, 1.82) is 0 Å². The Morgan fingerprint density at radius 2 is 2.00 bits per heavy atom. The van der Waals surface area contributed by atoms with Crippen LogP contribution in [0.5, 0.6) is 0 Å². The fourth-order valence-corrected chi connectivity index (χ4v) is 5.82. The Morgan fingerprint density at radius 1 is 1.28 bits per heavy atom. The molecule has 3 rings (SSSR count). The van der Waals surface area contributed by atoms with Gasteiger partial charge in [-0.1, -0.05) is 25.8 Å². The van der Waals surface area contributed by atoms with E-state index in [2.05, 4.69) is 27.7 Å².